The predicted octanol–water partition coefficient (Wildman–Crippen LogP) is 3.14. The fourth-order valence-corrected chi connectivity index (χ4v) is 3.89. The van der Waals surface area contributed by atoms with Gasteiger partial charge in [0.1, 0.15) is 5.69 Å². The number of phenolic OH excluding ortho intramolecular Hbond substituents is 1. The van der Waals surface area contributed by atoms with Gasteiger partial charge in [-0.3, -0.25) is 4.79 Å². The van der Waals surface area contributed by atoms with E-state index in [4.69, 9.17) is 0 Å². The molecule has 2 aromatic heterocycles. The minimum atomic E-state index is -5.15. The summed E-state index contributed by atoms with van der Waals surface area (Å²) in [5, 5.41) is 16.7. The van der Waals surface area contributed by atoms with Crippen LogP contribution in [0.25, 0.3) is 22.3 Å². The third-order valence-electron chi connectivity index (χ3n) is 5.49. The van der Waals surface area contributed by atoms with Crippen LogP contribution in [0.4, 0.5) is 27.9 Å². The number of fused-ring (bicyclic) bond motifs is 1. The number of hydrogen-bond acceptors (Lipinski definition) is 6. The molecule has 13 heteroatoms. The van der Waals surface area contributed by atoms with E-state index in [2.05, 4.69) is 20.4 Å². The van der Waals surface area contributed by atoms with Crippen molar-refractivity contribution >= 4 is 22.9 Å². The van der Waals surface area contributed by atoms with Crippen LogP contribution >= 0.6 is 0 Å². The van der Waals surface area contributed by atoms with Gasteiger partial charge in [0.25, 0.3) is 0 Å². The number of amides is 1. The van der Waals surface area contributed by atoms with Crippen LogP contribution in [0.15, 0.2) is 12.3 Å². The summed E-state index contributed by atoms with van der Waals surface area (Å²) in [5.74, 6) is -5.16. The molecule has 0 aliphatic carbocycles. The van der Waals surface area contributed by atoms with Gasteiger partial charge in [0.2, 0.25) is 11.9 Å². The molecule has 1 saturated heterocycles. The van der Waals surface area contributed by atoms with E-state index in [1.54, 1.807) is 0 Å². The molecule has 1 aromatic carbocycles. The Bertz CT molecular complexity index is 1230. The van der Waals surface area contributed by atoms with Crippen molar-refractivity contribution in [1.82, 2.24) is 25.1 Å². The average Bonchev–Trinajstić information content (AvgIpc) is 3.07. The highest BCUT2D eigenvalue weighted by Gasteiger charge is 2.38. The van der Waals surface area contributed by atoms with Crippen LogP contribution in [0.3, 0.4) is 0 Å². The monoisotopic (exact) mass is 470 g/mol. The van der Waals surface area contributed by atoms with Crippen molar-refractivity contribution in [3.05, 3.63) is 29.5 Å². The highest BCUT2D eigenvalue weighted by atomic mass is 19.4. The van der Waals surface area contributed by atoms with Gasteiger partial charge in [0, 0.05) is 44.9 Å². The zero-order valence-electron chi connectivity index (χ0n) is 17.5. The maximum Gasteiger partial charge on any atom is 0.419 e. The number of phenols is 1. The van der Waals surface area contributed by atoms with E-state index in [-0.39, 0.29) is 34.7 Å². The molecule has 8 nitrogen and oxygen atoms in total. The summed E-state index contributed by atoms with van der Waals surface area (Å²) in [6.07, 6.45) is -2.50. The SMILES string of the molecule is CC(=O)NC1CCN(c2ncc3c(-c4cc(C(F)(F)F)c(F)c(O)c4F)nn(C)c3n2)CC1. The number of aryl methyl sites for hydroxylation is 1. The molecule has 4 rings (SSSR count). The molecular weight excluding hydrogens is 451 g/mol. The van der Waals surface area contributed by atoms with Crippen molar-refractivity contribution in [2.24, 2.45) is 7.05 Å². The number of anilines is 1. The second-order valence-corrected chi connectivity index (χ2v) is 7.79. The normalized spacial score (nSPS) is 15.3. The molecule has 1 fully saturated rings. The van der Waals surface area contributed by atoms with Crippen molar-refractivity contribution in [2.45, 2.75) is 32.0 Å². The van der Waals surface area contributed by atoms with E-state index in [0.717, 1.165) is 0 Å². The van der Waals surface area contributed by atoms with Gasteiger partial charge in [0.15, 0.2) is 23.0 Å². The summed E-state index contributed by atoms with van der Waals surface area (Å²) in [7, 11) is 1.47. The van der Waals surface area contributed by atoms with Crippen molar-refractivity contribution in [3.63, 3.8) is 0 Å². The summed E-state index contributed by atoms with van der Waals surface area (Å²) in [6.45, 7) is 2.58. The first-order chi connectivity index (χ1) is 15.5. The minimum Gasteiger partial charge on any atom is -0.503 e. The smallest absolute Gasteiger partial charge is 0.419 e. The van der Waals surface area contributed by atoms with Gasteiger partial charge in [-0.25, -0.2) is 18.4 Å². The molecule has 176 valence electrons. The highest BCUT2D eigenvalue weighted by molar-refractivity contribution is 5.91. The van der Waals surface area contributed by atoms with Gasteiger partial charge in [-0.1, -0.05) is 0 Å². The van der Waals surface area contributed by atoms with Crippen molar-refractivity contribution in [1.29, 1.82) is 0 Å². The Balaban J connectivity index is 1.72. The topological polar surface area (TPSA) is 96.2 Å². The maximum atomic E-state index is 14.6. The summed E-state index contributed by atoms with van der Waals surface area (Å²) >= 11 is 0. The zero-order chi connectivity index (χ0) is 24.1. The first-order valence-electron chi connectivity index (χ1n) is 9.97. The van der Waals surface area contributed by atoms with Gasteiger partial charge < -0.3 is 15.3 Å². The van der Waals surface area contributed by atoms with E-state index in [1.807, 2.05) is 4.90 Å². The van der Waals surface area contributed by atoms with Crippen LogP contribution in [0.5, 0.6) is 5.75 Å². The molecule has 33 heavy (non-hydrogen) atoms. The maximum absolute atomic E-state index is 14.6. The molecule has 1 aliphatic heterocycles. The third kappa shape index (κ3) is 4.14. The van der Waals surface area contributed by atoms with Crippen LogP contribution < -0.4 is 10.2 Å². The Morgan fingerprint density at radius 1 is 1.21 bits per heavy atom. The number of halogens is 5. The van der Waals surface area contributed by atoms with Crippen molar-refractivity contribution in [2.75, 3.05) is 18.0 Å². The molecule has 0 bridgehead atoms. The molecule has 0 spiro atoms. The lowest BCUT2D eigenvalue weighted by Gasteiger charge is -2.32. The zero-order valence-corrected chi connectivity index (χ0v) is 17.5. The second-order valence-electron chi connectivity index (χ2n) is 7.79. The number of benzene rings is 1. The van der Waals surface area contributed by atoms with Gasteiger partial charge in [-0.05, 0) is 18.9 Å². The van der Waals surface area contributed by atoms with E-state index < -0.39 is 34.7 Å². The number of piperidine rings is 1. The molecule has 3 heterocycles. The van der Waals surface area contributed by atoms with Crippen molar-refractivity contribution < 1.29 is 31.9 Å². The predicted molar refractivity (Wildman–Crippen MR) is 107 cm³/mol. The fraction of sp³-hybridized carbons (Fsp3) is 0.400. The van der Waals surface area contributed by atoms with Crippen LogP contribution in [0, 0.1) is 11.6 Å². The number of carbonyl (C=O) groups excluding carboxylic acids is 1. The van der Waals surface area contributed by atoms with Crippen LogP contribution in [-0.4, -0.2) is 49.9 Å². The Morgan fingerprint density at radius 2 is 1.88 bits per heavy atom. The quantitative estimate of drug-likeness (QED) is 0.571. The summed E-state index contributed by atoms with van der Waals surface area (Å²) in [5.41, 5.74) is -2.58. The van der Waals surface area contributed by atoms with E-state index in [9.17, 15) is 31.9 Å². The second kappa shape index (κ2) is 8.12. The van der Waals surface area contributed by atoms with Crippen LogP contribution in [0.2, 0.25) is 0 Å². The molecule has 0 unspecified atom stereocenters. The van der Waals surface area contributed by atoms with Crippen LogP contribution in [0.1, 0.15) is 25.3 Å². The first kappa shape index (κ1) is 22.7. The summed E-state index contributed by atoms with van der Waals surface area (Å²) in [4.78, 5) is 21.8. The average molecular weight is 470 g/mol. The molecule has 0 radical (unpaired) electrons. The molecule has 1 amide bonds. The van der Waals surface area contributed by atoms with Gasteiger partial charge in [-0.15, -0.1) is 0 Å². The largest absolute Gasteiger partial charge is 0.503 e. The number of alkyl halides is 3. The van der Waals surface area contributed by atoms with Crippen molar-refractivity contribution in [3.8, 4) is 17.0 Å². The van der Waals surface area contributed by atoms with E-state index in [1.165, 1.54) is 24.9 Å². The number of rotatable bonds is 3. The number of aromatic nitrogens is 4. The van der Waals surface area contributed by atoms with Gasteiger partial charge in [0.05, 0.1) is 10.9 Å². The number of nitrogens with zero attached hydrogens (tertiary/aromatic N) is 5. The van der Waals surface area contributed by atoms with Crippen LogP contribution in [-0.2, 0) is 18.0 Å². The molecule has 2 N–H and O–H groups in total. The van der Waals surface area contributed by atoms with Gasteiger partial charge >= 0.3 is 6.18 Å². The lowest BCUT2D eigenvalue weighted by molar-refractivity contribution is -0.140. The Hall–Kier alpha value is -3.51. The number of aromatic hydroxyl groups is 1. The lowest BCUT2D eigenvalue weighted by atomic mass is 10.0. The molecular formula is C20H19F5N6O2. The highest BCUT2D eigenvalue weighted by Crippen LogP contribution is 2.41. The summed E-state index contributed by atoms with van der Waals surface area (Å²) in [6, 6.07) is 0.315. The minimum absolute atomic E-state index is 0.0442. The van der Waals surface area contributed by atoms with E-state index >= 15 is 0 Å². The Morgan fingerprint density at radius 3 is 2.48 bits per heavy atom. The fourth-order valence-electron chi connectivity index (χ4n) is 3.89. The van der Waals surface area contributed by atoms with Gasteiger partial charge in [-0.2, -0.15) is 23.3 Å². The number of carbonyl (C=O) groups is 1. The summed E-state index contributed by atoms with van der Waals surface area (Å²) < 4.78 is 69.2. The standard InChI is InChI=1S/C20H19F5N6O2/c1-9(32)27-10-3-5-31(6-4-10)19-26-8-12-16(29-30(2)18(12)28-19)11-7-13(20(23,24)25)15(22)17(33)14(11)21/h7-8,10,33H,3-6H2,1-2H3,(H,27,32). The number of nitrogens with one attached hydrogen (secondary N) is 1. The number of hydrogen-bond donors (Lipinski definition) is 2. The molecule has 0 atom stereocenters. The molecule has 0 saturated carbocycles. The Kier molecular flexibility index (Phi) is 5.58. The molecule has 1 aliphatic rings. The van der Waals surface area contributed by atoms with E-state index in [0.29, 0.717) is 31.9 Å². The Labute approximate surface area is 184 Å². The molecule has 3 aromatic rings. The third-order valence-corrected chi connectivity index (χ3v) is 5.49. The lowest BCUT2D eigenvalue weighted by Crippen LogP contribution is -2.44. The first-order valence-corrected chi connectivity index (χ1v) is 9.97.